The Bertz CT molecular complexity index is 913. The maximum atomic E-state index is 12.2. The lowest BCUT2D eigenvalue weighted by Gasteiger charge is -2.06. The van der Waals surface area contributed by atoms with Gasteiger partial charge in [0.15, 0.2) is 5.78 Å². The van der Waals surface area contributed by atoms with Gasteiger partial charge in [-0.15, -0.1) is 11.3 Å². The van der Waals surface area contributed by atoms with Gasteiger partial charge in [-0.25, -0.2) is 9.50 Å². The third kappa shape index (κ3) is 4.11. The molecule has 2 aromatic heterocycles. The fourth-order valence-electron chi connectivity index (χ4n) is 2.55. The molecular weight excluding hydrogens is 336 g/mol. The first kappa shape index (κ1) is 17.3. The van der Waals surface area contributed by atoms with E-state index in [2.05, 4.69) is 15.4 Å². The lowest BCUT2D eigenvalue weighted by atomic mass is 10.0. The van der Waals surface area contributed by atoms with Crippen molar-refractivity contribution in [3.8, 4) is 0 Å². The van der Waals surface area contributed by atoms with Crippen molar-refractivity contribution in [1.29, 1.82) is 0 Å². The molecule has 6 nitrogen and oxygen atoms in total. The fourth-order valence-corrected chi connectivity index (χ4v) is 3.38. The molecule has 1 N–H and O–H groups in total. The monoisotopic (exact) mass is 356 g/mol. The van der Waals surface area contributed by atoms with Crippen LogP contribution in [0.1, 0.15) is 40.0 Å². The van der Waals surface area contributed by atoms with E-state index in [-0.39, 0.29) is 24.5 Å². The van der Waals surface area contributed by atoms with Crippen LogP contribution in [0, 0.1) is 13.8 Å². The molecule has 0 spiro atoms. The largest absolute Gasteiger partial charge is 0.356 e. The van der Waals surface area contributed by atoms with Crippen molar-refractivity contribution in [3.63, 3.8) is 0 Å². The SMILES string of the molecule is Cc1ccc(C(=O)CCC(=O)NCCc2csc3ncnn23)cc1C. The lowest BCUT2D eigenvalue weighted by molar-refractivity contribution is -0.121. The van der Waals surface area contributed by atoms with Gasteiger partial charge in [0.2, 0.25) is 10.9 Å². The molecule has 2 heterocycles. The number of rotatable bonds is 7. The average molecular weight is 356 g/mol. The predicted octanol–water partition coefficient (Wildman–Crippen LogP) is 2.73. The van der Waals surface area contributed by atoms with Crippen LogP contribution >= 0.6 is 11.3 Å². The number of carbonyl (C=O) groups excluding carboxylic acids is 2. The summed E-state index contributed by atoms with van der Waals surface area (Å²) in [7, 11) is 0. The van der Waals surface area contributed by atoms with E-state index in [1.807, 2.05) is 37.4 Å². The van der Waals surface area contributed by atoms with E-state index in [4.69, 9.17) is 0 Å². The molecule has 3 rings (SSSR count). The Hall–Kier alpha value is -2.54. The maximum absolute atomic E-state index is 12.2. The van der Waals surface area contributed by atoms with Crippen LogP contribution in [0.5, 0.6) is 0 Å². The van der Waals surface area contributed by atoms with Crippen LogP contribution in [0.2, 0.25) is 0 Å². The first-order valence-corrected chi connectivity index (χ1v) is 9.06. The van der Waals surface area contributed by atoms with E-state index >= 15 is 0 Å². The molecule has 0 radical (unpaired) electrons. The summed E-state index contributed by atoms with van der Waals surface area (Å²) in [6.45, 7) is 4.51. The smallest absolute Gasteiger partial charge is 0.220 e. The van der Waals surface area contributed by atoms with Crippen molar-refractivity contribution in [2.75, 3.05) is 6.54 Å². The summed E-state index contributed by atoms with van der Waals surface area (Å²) < 4.78 is 1.78. The average Bonchev–Trinajstić information content (AvgIpc) is 3.20. The van der Waals surface area contributed by atoms with Gasteiger partial charge in [-0.2, -0.15) is 5.10 Å². The fraction of sp³-hybridized carbons (Fsp3) is 0.333. The number of nitrogens with one attached hydrogen (secondary N) is 1. The van der Waals surface area contributed by atoms with Crippen LogP contribution in [0.3, 0.4) is 0 Å². The highest BCUT2D eigenvalue weighted by atomic mass is 32.1. The van der Waals surface area contributed by atoms with E-state index < -0.39 is 0 Å². The molecule has 0 aliphatic carbocycles. The number of Topliss-reactive ketones (excluding diaryl/α,β-unsaturated/α-hetero) is 1. The zero-order valence-electron chi connectivity index (χ0n) is 14.3. The summed E-state index contributed by atoms with van der Waals surface area (Å²) in [6, 6.07) is 5.65. The molecule has 1 aromatic carbocycles. The first-order valence-electron chi connectivity index (χ1n) is 8.18. The second kappa shape index (κ2) is 7.57. The maximum Gasteiger partial charge on any atom is 0.220 e. The Kier molecular flexibility index (Phi) is 5.23. The number of ketones is 1. The van der Waals surface area contributed by atoms with Crippen LogP contribution in [-0.2, 0) is 11.2 Å². The second-order valence-electron chi connectivity index (χ2n) is 6.00. The van der Waals surface area contributed by atoms with Gasteiger partial charge in [0.05, 0.1) is 5.69 Å². The molecule has 3 aromatic rings. The molecule has 25 heavy (non-hydrogen) atoms. The van der Waals surface area contributed by atoms with Crippen LogP contribution < -0.4 is 5.32 Å². The minimum Gasteiger partial charge on any atom is -0.356 e. The van der Waals surface area contributed by atoms with E-state index in [1.165, 1.54) is 17.7 Å². The van der Waals surface area contributed by atoms with Crippen molar-refractivity contribution in [2.45, 2.75) is 33.1 Å². The van der Waals surface area contributed by atoms with Gasteiger partial charge < -0.3 is 5.32 Å². The molecule has 0 fully saturated rings. The lowest BCUT2D eigenvalue weighted by Crippen LogP contribution is -2.26. The molecule has 0 atom stereocenters. The number of nitrogens with zero attached hydrogens (tertiary/aromatic N) is 3. The summed E-state index contributed by atoms with van der Waals surface area (Å²) >= 11 is 1.53. The highest BCUT2D eigenvalue weighted by Gasteiger charge is 2.11. The molecule has 1 amide bonds. The summed E-state index contributed by atoms with van der Waals surface area (Å²) in [6.07, 6.45) is 2.63. The number of thiazole rings is 1. The van der Waals surface area contributed by atoms with Crippen LogP contribution in [0.4, 0.5) is 0 Å². The van der Waals surface area contributed by atoms with E-state index in [9.17, 15) is 9.59 Å². The Morgan fingerprint density at radius 1 is 1.20 bits per heavy atom. The van der Waals surface area contributed by atoms with Crippen molar-refractivity contribution in [1.82, 2.24) is 19.9 Å². The molecule has 0 saturated carbocycles. The highest BCUT2D eigenvalue weighted by molar-refractivity contribution is 7.15. The van der Waals surface area contributed by atoms with Crippen LogP contribution in [0.25, 0.3) is 4.96 Å². The standard InChI is InChI=1S/C18H20N4O2S/c1-12-3-4-14(9-13(12)2)16(23)5-6-17(24)19-8-7-15-10-25-18-20-11-21-22(15)18/h3-4,9-11H,5-8H2,1-2H3,(H,19,24). The van der Waals surface area contributed by atoms with Gasteiger partial charge in [-0.3, -0.25) is 9.59 Å². The van der Waals surface area contributed by atoms with E-state index in [0.717, 1.165) is 21.8 Å². The Labute approximate surface area is 149 Å². The quantitative estimate of drug-likeness (QED) is 0.661. The summed E-state index contributed by atoms with van der Waals surface area (Å²) in [5.74, 6) is -0.109. The summed E-state index contributed by atoms with van der Waals surface area (Å²) in [5, 5.41) is 8.99. The molecule has 0 unspecified atom stereocenters. The number of hydrogen-bond acceptors (Lipinski definition) is 5. The first-order chi connectivity index (χ1) is 12.0. The van der Waals surface area contributed by atoms with Gasteiger partial charge in [0.1, 0.15) is 6.33 Å². The van der Waals surface area contributed by atoms with Crippen molar-refractivity contribution >= 4 is 28.0 Å². The predicted molar refractivity (Wildman–Crippen MR) is 97.1 cm³/mol. The molecule has 0 aliphatic rings. The zero-order valence-corrected chi connectivity index (χ0v) is 15.1. The number of aryl methyl sites for hydroxylation is 2. The van der Waals surface area contributed by atoms with E-state index in [0.29, 0.717) is 18.5 Å². The number of amides is 1. The molecule has 0 saturated heterocycles. The third-order valence-electron chi connectivity index (χ3n) is 4.20. The van der Waals surface area contributed by atoms with Crippen molar-refractivity contribution in [2.24, 2.45) is 0 Å². The summed E-state index contributed by atoms with van der Waals surface area (Å²) in [5.41, 5.74) is 3.93. The van der Waals surface area contributed by atoms with Gasteiger partial charge in [-0.1, -0.05) is 12.1 Å². The van der Waals surface area contributed by atoms with Crippen LogP contribution in [0.15, 0.2) is 29.9 Å². The zero-order chi connectivity index (χ0) is 17.8. The Morgan fingerprint density at radius 2 is 2.04 bits per heavy atom. The van der Waals surface area contributed by atoms with E-state index in [1.54, 1.807) is 4.52 Å². The van der Waals surface area contributed by atoms with Gasteiger partial charge >= 0.3 is 0 Å². The second-order valence-corrected chi connectivity index (χ2v) is 6.84. The summed E-state index contributed by atoms with van der Waals surface area (Å²) in [4.78, 5) is 29.1. The van der Waals surface area contributed by atoms with Gasteiger partial charge in [0, 0.05) is 36.8 Å². The van der Waals surface area contributed by atoms with Crippen LogP contribution in [-0.4, -0.2) is 32.8 Å². The molecule has 0 bridgehead atoms. The topological polar surface area (TPSA) is 76.4 Å². The molecule has 7 heteroatoms. The number of fused-ring (bicyclic) bond motifs is 1. The number of aromatic nitrogens is 3. The van der Waals surface area contributed by atoms with Crippen molar-refractivity contribution in [3.05, 3.63) is 52.3 Å². The van der Waals surface area contributed by atoms with Gasteiger partial charge in [-0.05, 0) is 31.0 Å². The molecule has 130 valence electrons. The molecule has 0 aliphatic heterocycles. The Morgan fingerprint density at radius 3 is 2.84 bits per heavy atom. The normalized spacial score (nSPS) is 11.0. The molecular formula is C18H20N4O2S. The third-order valence-corrected chi connectivity index (χ3v) is 5.08. The van der Waals surface area contributed by atoms with Crippen molar-refractivity contribution < 1.29 is 9.59 Å². The highest BCUT2D eigenvalue weighted by Crippen LogP contribution is 2.13. The number of hydrogen-bond donors (Lipinski definition) is 1. The van der Waals surface area contributed by atoms with Gasteiger partial charge in [0.25, 0.3) is 0 Å². The minimum absolute atomic E-state index is 0.000378. The Balaban J connectivity index is 1.44. The number of benzene rings is 1. The number of carbonyl (C=O) groups is 2. The minimum atomic E-state index is -0.109.